The van der Waals surface area contributed by atoms with Crippen LogP contribution < -0.4 is 10.2 Å². The largest absolute Gasteiger partial charge is 0.356 e. The van der Waals surface area contributed by atoms with E-state index in [0.29, 0.717) is 0 Å². The Bertz CT molecular complexity index is 822. The highest BCUT2D eigenvalue weighted by molar-refractivity contribution is 7.18. The van der Waals surface area contributed by atoms with E-state index in [2.05, 4.69) is 45.0 Å². The molecule has 0 atom stereocenters. The van der Waals surface area contributed by atoms with Gasteiger partial charge in [-0.25, -0.2) is 9.97 Å². The van der Waals surface area contributed by atoms with Crippen molar-refractivity contribution in [3.05, 3.63) is 17.3 Å². The Morgan fingerprint density at radius 2 is 1.93 bits per heavy atom. The fraction of sp³-hybridized carbons (Fsp3) is 0.682. The fourth-order valence-electron chi connectivity index (χ4n) is 4.44. The van der Waals surface area contributed by atoms with Crippen LogP contribution in [0.25, 0.3) is 10.2 Å². The lowest BCUT2D eigenvalue weighted by Gasteiger charge is -2.33. The van der Waals surface area contributed by atoms with Crippen LogP contribution in [0.2, 0.25) is 0 Å². The summed E-state index contributed by atoms with van der Waals surface area (Å²) in [5, 5.41) is 4.34. The number of thiophene rings is 1. The number of aromatic nitrogens is 2. The summed E-state index contributed by atoms with van der Waals surface area (Å²) in [4.78, 5) is 28.8. The number of amides is 1. The van der Waals surface area contributed by atoms with Gasteiger partial charge in [0.05, 0.1) is 5.39 Å². The molecule has 4 rings (SSSR count). The zero-order valence-corrected chi connectivity index (χ0v) is 18.5. The molecule has 2 aliphatic heterocycles. The highest BCUT2D eigenvalue weighted by atomic mass is 32.1. The van der Waals surface area contributed by atoms with E-state index in [4.69, 9.17) is 0 Å². The molecule has 0 aliphatic carbocycles. The number of likely N-dealkylation sites (tertiary alicyclic amines) is 1. The minimum Gasteiger partial charge on any atom is -0.356 e. The van der Waals surface area contributed by atoms with Gasteiger partial charge in [-0.2, -0.15) is 0 Å². The van der Waals surface area contributed by atoms with Crippen LogP contribution in [0.5, 0.6) is 0 Å². The lowest BCUT2D eigenvalue weighted by molar-refractivity contribution is -0.125. The van der Waals surface area contributed by atoms with E-state index in [1.165, 1.54) is 30.8 Å². The highest BCUT2D eigenvalue weighted by Crippen LogP contribution is 2.32. The van der Waals surface area contributed by atoms with Crippen LogP contribution >= 0.6 is 11.3 Å². The molecule has 2 aromatic rings. The molecule has 29 heavy (non-hydrogen) atoms. The molecular weight excluding hydrogens is 382 g/mol. The second-order valence-corrected chi connectivity index (χ2v) is 9.67. The summed E-state index contributed by atoms with van der Waals surface area (Å²) in [5.41, 5.74) is 0. The van der Waals surface area contributed by atoms with E-state index < -0.39 is 0 Å². The molecule has 2 saturated heterocycles. The normalized spacial score (nSPS) is 19.7. The van der Waals surface area contributed by atoms with Crippen molar-refractivity contribution in [3.63, 3.8) is 0 Å². The van der Waals surface area contributed by atoms with Gasteiger partial charge in [-0.3, -0.25) is 4.79 Å². The Morgan fingerprint density at radius 1 is 1.17 bits per heavy atom. The average molecular weight is 416 g/mol. The van der Waals surface area contributed by atoms with Crippen LogP contribution in [0.3, 0.4) is 0 Å². The topological polar surface area (TPSA) is 61.4 Å². The van der Waals surface area contributed by atoms with Crippen molar-refractivity contribution in [1.29, 1.82) is 0 Å². The van der Waals surface area contributed by atoms with Crippen LogP contribution in [-0.4, -0.2) is 60.0 Å². The SMILES string of the molecule is CCc1cc2c(N3CCC(C(=O)NCCN4CCC(C)CC4)CC3)ncnc2s1. The maximum Gasteiger partial charge on any atom is 0.223 e. The van der Waals surface area contributed by atoms with Crippen molar-refractivity contribution in [2.75, 3.05) is 44.2 Å². The lowest BCUT2D eigenvalue weighted by Crippen LogP contribution is -2.43. The predicted octanol–water partition coefficient (Wildman–Crippen LogP) is 3.32. The number of aryl methyl sites for hydroxylation is 1. The molecule has 0 aromatic carbocycles. The number of hydrogen-bond donors (Lipinski definition) is 1. The third-order valence-electron chi connectivity index (χ3n) is 6.48. The number of fused-ring (bicyclic) bond motifs is 1. The molecule has 0 radical (unpaired) electrons. The molecule has 1 N–H and O–H groups in total. The quantitative estimate of drug-likeness (QED) is 0.784. The molecule has 158 valence electrons. The standard InChI is InChI=1S/C22H33N5OS/c1-3-18-14-19-20(24-15-25-22(19)29-18)27-11-6-17(7-12-27)21(28)23-8-13-26-9-4-16(2)5-10-26/h14-17H,3-13H2,1-2H3,(H,23,28). The Labute approximate surface area is 177 Å². The molecule has 2 aromatic heterocycles. The molecule has 2 fully saturated rings. The first-order valence-electron chi connectivity index (χ1n) is 11.1. The van der Waals surface area contributed by atoms with Gasteiger partial charge < -0.3 is 15.1 Å². The van der Waals surface area contributed by atoms with Gasteiger partial charge in [0.15, 0.2) is 0 Å². The zero-order chi connectivity index (χ0) is 20.2. The van der Waals surface area contributed by atoms with Crippen LogP contribution in [0.15, 0.2) is 12.4 Å². The Kier molecular flexibility index (Phi) is 6.65. The first-order valence-corrected chi connectivity index (χ1v) is 11.9. The third-order valence-corrected chi connectivity index (χ3v) is 7.66. The van der Waals surface area contributed by atoms with Crippen molar-refractivity contribution in [2.45, 2.75) is 46.0 Å². The Balaban J connectivity index is 1.26. The monoisotopic (exact) mass is 415 g/mol. The fourth-order valence-corrected chi connectivity index (χ4v) is 5.37. The van der Waals surface area contributed by atoms with E-state index in [-0.39, 0.29) is 11.8 Å². The summed E-state index contributed by atoms with van der Waals surface area (Å²) in [7, 11) is 0. The zero-order valence-electron chi connectivity index (χ0n) is 17.7. The number of rotatable bonds is 6. The molecular formula is C22H33N5OS. The van der Waals surface area contributed by atoms with E-state index in [0.717, 1.165) is 67.4 Å². The van der Waals surface area contributed by atoms with Gasteiger partial charge in [0, 0.05) is 37.0 Å². The predicted molar refractivity (Wildman–Crippen MR) is 120 cm³/mol. The van der Waals surface area contributed by atoms with Gasteiger partial charge in [-0.05, 0) is 57.2 Å². The molecule has 0 bridgehead atoms. The molecule has 7 heteroatoms. The summed E-state index contributed by atoms with van der Waals surface area (Å²) in [6, 6.07) is 2.23. The number of carbonyl (C=O) groups is 1. The van der Waals surface area contributed by atoms with Gasteiger partial charge in [0.25, 0.3) is 0 Å². The molecule has 0 saturated carbocycles. The lowest BCUT2D eigenvalue weighted by atomic mass is 9.95. The maximum absolute atomic E-state index is 12.6. The number of piperidine rings is 2. The van der Waals surface area contributed by atoms with Crippen molar-refractivity contribution in [1.82, 2.24) is 20.2 Å². The number of nitrogens with one attached hydrogen (secondary N) is 1. The first-order chi connectivity index (χ1) is 14.1. The molecule has 4 heterocycles. The second kappa shape index (κ2) is 9.39. The Morgan fingerprint density at radius 3 is 2.66 bits per heavy atom. The molecule has 1 amide bonds. The Hall–Kier alpha value is -1.73. The summed E-state index contributed by atoms with van der Waals surface area (Å²) >= 11 is 1.76. The highest BCUT2D eigenvalue weighted by Gasteiger charge is 2.27. The second-order valence-electron chi connectivity index (χ2n) is 8.56. The van der Waals surface area contributed by atoms with Crippen LogP contribution in [0.4, 0.5) is 5.82 Å². The minimum atomic E-state index is 0.124. The van der Waals surface area contributed by atoms with E-state index in [1.54, 1.807) is 17.7 Å². The molecule has 6 nitrogen and oxygen atoms in total. The van der Waals surface area contributed by atoms with Crippen molar-refractivity contribution < 1.29 is 4.79 Å². The summed E-state index contributed by atoms with van der Waals surface area (Å²) in [5.74, 6) is 2.24. The number of carbonyl (C=O) groups excluding carboxylic acids is 1. The van der Waals surface area contributed by atoms with Gasteiger partial charge in [-0.15, -0.1) is 11.3 Å². The van der Waals surface area contributed by atoms with E-state index in [1.807, 2.05) is 0 Å². The van der Waals surface area contributed by atoms with Gasteiger partial charge in [0.2, 0.25) is 5.91 Å². The van der Waals surface area contributed by atoms with Crippen molar-refractivity contribution >= 4 is 33.3 Å². The summed E-state index contributed by atoms with van der Waals surface area (Å²) in [6.07, 6.45) is 7.05. The van der Waals surface area contributed by atoms with Crippen molar-refractivity contribution in [2.24, 2.45) is 11.8 Å². The average Bonchev–Trinajstić information content (AvgIpc) is 3.19. The number of hydrogen-bond acceptors (Lipinski definition) is 6. The number of anilines is 1. The maximum atomic E-state index is 12.6. The first kappa shape index (κ1) is 20.5. The van der Waals surface area contributed by atoms with Crippen LogP contribution in [0, 0.1) is 11.8 Å². The summed E-state index contributed by atoms with van der Waals surface area (Å²) < 4.78 is 0. The van der Waals surface area contributed by atoms with E-state index in [9.17, 15) is 4.79 Å². The van der Waals surface area contributed by atoms with Crippen molar-refractivity contribution in [3.8, 4) is 0 Å². The van der Waals surface area contributed by atoms with Crippen LogP contribution in [0.1, 0.15) is 44.4 Å². The third kappa shape index (κ3) is 4.89. The van der Waals surface area contributed by atoms with E-state index >= 15 is 0 Å². The molecule has 2 aliphatic rings. The van der Waals surface area contributed by atoms with Gasteiger partial charge in [-0.1, -0.05) is 13.8 Å². The van der Waals surface area contributed by atoms with Gasteiger partial charge in [0.1, 0.15) is 17.0 Å². The molecule has 0 spiro atoms. The smallest absolute Gasteiger partial charge is 0.223 e. The number of nitrogens with zero attached hydrogens (tertiary/aromatic N) is 4. The van der Waals surface area contributed by atoms with Gasteiger partial charge >= 0.3 is 0 Å². The molecule has 0 unspecified atom stereocenters. The summed E-state index contributed by atoms with van der Waals surface area (Å²) in [6.45, 7) is 10.4. The van der Waals surface area contributed by atoms with Crippen LogP contribution in [-0.2, 0) is 11.2 Å². The minimum absolute atomic E-state index is 0.124.